The fraction of sp³-hybridized carbons (Fsp3) is 0.467. The van der Waals surface area contributed by atoms with Gasteiger partial charge in [-0.05, 0) is 25.0 Å². The summed E-state index contributed by atoms with van der Waals surface area (Å²) < 4.78 is 39.3. The Morgan fingerprint density at radius 2 is 1.96 bits per heavy atom. The molecular formula is C15H17F3N2O3. The first-order valence-electron chi connectivity index (χ1n) is 7.09. The molecule has 1 aliphatic heterocycles. The Labute approximate surface area is 130 Å². The molecule has 1 aliphatic rings. The molecule has 23 heavy (non-hydrogen) atoms. The molecule has 1 atom stereocenters. The number of primary amides is 1. The molecule has 3 N–H and O–H groups in total. The van der Waals surface area contributed by atoms with E-state index in [1.54, 1.807) is 0 Å². The quantitative estimate of drug-likeness (QED) is 0.878. The predicted molar refractivity (Wildman–Crippen MR) is 75.3 cm³/mol. The predicted octanol–water partition coefficient (Wildman–Crippen LogP) is 1.55. The molecule has 1 fully saturated rings. The van der Waals surface area contributed by atoms with Crippen LogP contribution in [0.4, 0.5) is 13.2 Å². The highest BCUT2D eigenvalue weighted by atomic mass is 19.4. The van der Waals surface area contributed by atoms with Crippen molar-refractivity contribution in [1.82, 2.24) is 4.90 Å². The van der Waals surface area contributed by atoms with Crippen LogP contribution in [-0.2, 0) is 11.0 Å². The number of amides is 2. The summed E-state index contributed by atoms with van der Waals surface area (Å²) in [5, 5.41) is 9.64. The van der Waals surface area contributed by atoms with E-state index in [1.807, 2.05) is 0 Å². The van der Waals surface area contributed by atoms with Crippen LogP contribution in [0.2, 0.25) is 0 Å². The van der Waals surface area contributed by atoms with Crippen molar-refractivity contribution in [2.75, 3.05) is 13.2 Å². The van der Waals surface area contributed by atoms with Gasteiger partial charge in [0, 0.05) is 6.54 Å². The molecule has 126 valence electrons. The monoisotopic (exact) mass is 330 g/mol. The average Bonchev–Trinajstić information content (AvgIpc) is 2.89. The first kappa shape index (κ1) is 17.3. The smallest absolute Gasteiger partial charge is 0.394 e. The Kier molecular flexibility index (Phi) is 4.65. The Morgan fingerprint density at radius 1 is 1.30 bits per heavy atom. The van der Waals surface area contributed by atoms with E-state index in [0.29, 0.717) is 12.8 Å². The molecule has 0 radical (unpaired) electrons. The Hall–Kier alpha value is -2.09. The van der Waals surface area contributed by atoms with Gasteiger partial charge in [-0.15, -0.1) is 0 Å². The van der Waals surface area contributed by atoms with Crippen LogP contribution in [-0.4, -0.2) is 40.5 Å². The largest absolute Gasteiger partial charge is 0.417 e. The summed E-state index contributed by atoms with van der Waals surface area (Å²) in [5.74, 6) is -1.58. The summed E-state index contributed by atoms with van der Waals surface area (Å²) in [5.41, 5.74) is 2.40. The van der Waals surface area contributed by atoms with E-state index in [-0.39, 0.29) is 13.0 Å². The van der Waals surface area contributed by atoms with E-state index >= 15 is 0 Å². The number of likely N-dealkylation sites (tertiary alicyclic amines) is 1. The van der Waals surface area contributed by atoms with Gasteiger partial charge in [-0.2, -0.15) is 13.2 Å². The molecule has 0 unspecified atom stereocenters. The molecule has 1 heterocycles. The van der Waals surface area contributed by atoms with Gasteiger partial charge < -0.3 is 15.7 Å². The van der Waals surface area contributed by atoms with Gasteiger partial charge in [0.15, 0.2) is 0 Å². The molecular weight excluding hydrogens is 313 g/mol. The van der Waals surface area contributed by atoms with Crippen molar-refractivity contribution < 1.29 is 27.9 Å². The highest BCUT2D eigenvalue weighted by Crippen LogP contribution is 2.37. The van der Waals surface area contributed by atoms with E-state index in [2.05, 4.69) is 0 Å². The van der Waals surface area contributed by atoms with E-state index < -0.39 is 41.3 Å². The minimum absolute atomic E-state index is 0.166. The lowest BCUT2D eigenvalue weighted by atomic mass is 9.91. The molecule has 0 bridgehead atoms. The number of rotatable bonds is 4. The minimum atomic E-state index is -4.67. The fourth-order valence-electron chi connectivity index (χ4n) is 3.05. The number of carbonyl (C=O) groups is 2. The Balaban J connectivity index is 2.42. The Bertz CT molecular complexity index is 618. The summed E-state index contributed by atoms with van der Waals surface area (Å²) in [6, 6.07) is 4.47. The maximum atomic E-state index is 13.1. The first-order chi connectivity index (χ1) is 10.7. The van der Waals surface area contributed by atoms with Gasteiger partial charge in [-0.1, -0.05) is 12.1 Å². The van der Waals surface area contributed by atoms with Gasteiger partial charge in [0.05, 0.1) is 29.7 Å². The Morgan fingerprint density at radius 3 is 2.52 bits per heavy atom. The van der Waals surface area contributed by atoms with Crippen molar-refractivity contribution in [3.05, 3.63) is 35.4 Å². The molecule has 0 spiro atoms. The normalized spacial score (nSPS) is 21.5. The average molecular weight is 330 g/mol. The molecule has 2 amide bonds. The zero-order valence-electron chi connectivity index (χ0n) is 12.3. The summed E-state index contributed by atoms with van der Waals surface area (Å²) in [4.78, 5) is 25.0. The zero-order chi connectivity index (χ0) is 17.3. The molecule has 5 nitrogen and oxygen atoms in total. The lowest BCUT2D eigenvalue weighted by molar-refractivity contribution is -0.138. The van der Waals surface area contributed by atoms with Crippen LogP contribution in [0.15, 0.2) is 24.3 Å². The van der Waals surface area contributed by atoms with Gasteiger partial charge in [0.1, 0.15) is 0 Å². The number of nitrogens with zero attached hydrogens (tertiary/aromatic N) is 1. The molecule has 1 saturated heterocycles. The van der Waals surface area contributed by atoms with Crippen molar-refractivity contribution in [3.63, 3.8) is 0 Å². The van der Waals surface area contributed by atoms with Crippen LogP contribution in [0.5, 0.6) is 0 Å². The third-order valence-electron chi connectivity index (χ3n) is 4.10. The third kappa shape index (κ3) is 3.31. The summed E-state index contributed by atoms with van der Waals surface area (Å²) in [6.45, 7) is -0.366. The second-order valence-corrected chi connectivity index (χ2v) is 5.63. The molecule has 0 aromatic heterocycles. The summed E-state index contributed by atoms with van der Waals surface area (Å²) in [7, 11) is 0. The lowest BCUT2D eigenvalue weighted by Gasteiger charge is -2.36. The number of aliphatic hydroxyl groups is 1. The van der Waals surface area contributed by atoms with Crippen LogP contribution in [0.3, 0.4) is 0 Å². The molecule has 1 aromatic carbocycles. The van der Waals surface area contributed by atoms with Crippen molar-refractivity contribution in [2.45, 2.75) is 31.0 Å². The minimum Gasteiger partial charge on any atom is -0.394 e. The van der Waals surface area contributed by atoms with E-state index in [1.165, 1.54) is 12.1 Å². The van der Waals surface area contributed by atoms with Crippen molar-refractivity contribution >= 4 is 11.8 Å². The number of hydrogen-bond donors (Lipinski definition) is 2. The molecule has 0 aliphatic carbocycles. The van der Waals surface area contributed by atoms with E-state index in [0.717, 1.165) is 17.0 Å². The molecule has 0 saturated carbocycles. The summed E-state index contributed by atoms with van der Waals surface area (Å²) >= 11 is 0. The second-order valence-electron chi connectivity index (χ2n) is 5.63. The number of aliphatic hydroxyl groups excluding tert-OH is 1. The summed E-state index contributed by atoms with van der Waals surface area (Å²) in [6.07, 6.45) is -4.17. The second kappa shape index (κ2) is 6.19. The standard InChI is InChI=1S/C15H17F3N2O3/c16-15(17,18)11-5-2-1-4-10(11)13(23)20-7-3-6-14(20,9-21)8-12(19)22/h1-2,4-5,21H,3,6-9H2,(H2,19,22)/t14-/m0/s1. The van der Waals surface area contributed by atoms with Crippen LogP contribution in [0.1, 0.15) is 35.2 Å². The SMILES string of the molecule is NC(=O)C[C@]1(CO)CCCN1C(=O)c1ccccc1C(F)(F)F. The lowest BCUT2D eigenvalue weighted by Crippen LogP contribution is -2.52. The molecule has 2 rings (SSSR count). The van der Waals surface area contributed by atoms with E-state index in [4.69, 9.17) is 5.73 Å². The van der Waals surface area contributed by atoms with Gasteiger partial charge >= 0.3 is 6.18 Å². The number of carbonyl (C=O) groups excluding carboxylic acids is 2. The maximum absolute atomic E-state index is 13.1. The van der Waals surface area contributed by atoms with Crippen LogP contribution in [0, 0.1) is 0 Å². The molecule has 8 heteroatoms. The molecule has 1 aromatic rings. The number of halogens is 3. The van der Waals surface area contributed by atoms with Crippen LogP contribution in [0.25, 0.3) is 0 Å². The zero-order valence-corrected chi connectivity index (χ0v) is 12.3. The maximum Gasteiger partial charge on any atom is 0.417 e. The van der Waals surface area contributed by atoms with Crippen LogP contribution < -0.4 is 5.73 Å². The topological polar surface area (TPSA) is 83.6 Å². The van der Waals surface area contributed by atoms with Crippen molar-refractivity contribution in [3.8, 4) is 0 Å². The van der Waals surface area contributed by atoms with Crippen LogP contribution >= 0.6 is 0 Å². The third-order valence-corrected chi connectivity index (χ3v) is 4.10. The first-order valence-corrected chi connectivity index (χ1v) is 7.09. The number of alkyl halides is 3. The number of hydrogen-bond acceptors (Lipinski definition) is 3. The van der Waals surface area contributed by atoms with Crippen molar-refractivity contribution in [1.29, 1.82) is 0 Å². The van der Waals surface area contributed by atoms with Crippen molar-refractivity contribution in [2.24, 2.45) is 5.73 Å². The van der Waals surface area contributed by atoms with Gasteiger partial charge in [0.2, 0.25) is 5.91 Å². The number of benzene rings is 1. The highest BCUT2D eigenvalue weighted by Gasteiger charge is 2.46. The van der Waals surface area contributed by atoms with Gasteiger partial charge in [0.25, 0.3) is 5.91 Å². The number of nitrogens with two attached hydrogens (primary N) is 1. The van der Waals surface area contributed by atoms with E-state index in [9.17, 15) is 27.9 Å². The van der Waals surface area contributed by atoms with Gasteiger partial charge in [-0.25, -0.2) is 0 Å². The van der Waals surface area contributed by atoms with Gasteiger partial charge in [-0.3, -0.25) is 9.59 Å². The highest BCUT2D eigenvalue weighted by molar-refractivity contribution is 5.97. The fourth-order valence-corrected chi connectivity index (χ4v) is 3.05.